The molecule has 1 atom stereocenters. The van der Waals surface area contributed by atoms with Gasteiger partial charge in [0, 0.05) is 26.2 Å². The Hall–Kier alpha value is -2.61. The van der Waals surface area contributed by atoms with Gasteiger partial charge in [-0.2, -0.15) is 0 Å². The number of fused-ring (bicyclic) bond motifs is 1. The molecule has 0 radical (unpaired) electrons. The fraction of sp³-hybridized carbons (Fsp3) is 0.435. The summed E-state index contributed by atoms with van der Waals surface area (Å²) in [6.45, 7) is 7.55. The average Bonchev–Trinajstić information content (AvgIpc) is 3.03. The molecule has 1 fully saturated rings. The van der Waals surface area contributed by atoms with E-state index in [1.54, 1.807) is 0 Å². The molecule has 0 spiro atoms. The van der Waals surface area contributed by atoms with Gasteiger partial charge >= 0.3 is 0 Å². The Bertz CT molecular complexity index is 1020. The summed E-state index contributed by atoms with van der Waals surface area (Å²) in [5.74, 6) is 0.740. The molecule has 1 aromatic heterocycles. The number of morpholine rings is 1. The lowest BCUT2D eigenvalue weighted by molar-refractivity contribution is 0.0363. The molecule has 1 aliphatic heterocycles. The van der Waals surface area contributed by atoms with E-state index in [0.29, 0.717) is 12.2 Å². The SMILES string of the molecule is Cc1ccc(OC[C@@H](O)Cn2c(=N)n(CCN3CCOCC3)c3ccccc32)cc1. The van der Waals surface area contributed by atoms with Crippen LogP contribution in [0.4, 0.5) is 0 Å². The Kier molecular flexibility index (Phi) is 6.52. The minimum Gasteiger partial charge on any atom is -0.491 e. The van der Waals surface area contributed by atoms with E-state index in [1.807, 2.05) is 64.6 Å². The number of hydrogen-bond acceptors (Lipinski definition) is 5. The minimum absolute atomic E-state index is 0.183. The molecule has 0 amide bonds. The molecule has 1 saturated heterocycles. The van der Waals surface area contributed by atoms with Crippen molar-refractivity contribution in [1.82, 2.24) is 14.0 Å². The number of hydrogen-bond donors (Lipinski definition) is 2. The van der Waals surface area contributed by atoms with Crippen LogP contribution < -0.4 is 10.4 Å². The van der Waals surface area contributed by atoms with E-state index in [2.05, 4.69) is 4.90 Å². The number of aliphatic hydroxyl groups excluding tert-OH is 1. The summed E-state index contributed by atoms with van der Waals surface area (Å²) < 4.78 is 15.1. The standard InChI is InChI=1S/C23H30N4O3/c1-18-6-8-20(9-7-18)30-17-19(28)16-27-22-5-3-2-4-21(22)26(23(27)24)11-10-25-12-14-29-15-13-25/h2-9,19,24,28H,10-17H2,1H3/t19-/m0/s1. The van der Waals surface area contributed by atoms with Crippen molar-refractivity contribution in [1.29, 1.82) is 5.41 Å². The van der Waals surface area contributed by atoms with Crippen molar-refractivity contribution in [3.8, 4) is 5.75 Å². The second-order valence-electron chi connectivity index (χ2n) is 7.81. The lowest BCUT2D eigenvalue weighted by atomic mass is 10.2. The molecular formula is C23H30N4O3. The van der Waals surface area contributed by atoms with E-state index < -0.39 is 6.10 Å². The molecule has 2 N–H and O–H groups in total. The van der Waals surface area contributed by atoms with Gasteiger partial charge < -0.3 is 23.7 Å². The molecule has 4 rings (SSSR count). The minimum atomic E-state index is -0.709. The number of ether oxygens (including phenoxy) is 2. The zero-order valence-electron chi connectivity index (χ0n) is 17.5. The van der Waals surface area contributed by atoms with Crippen LogP contribution in [0.3, 0.4) is 0 Å². The molecule has 2 heterocycles. The summed E-state index contributed by atoms with van der Waals surface area (Å²) >= 11 is 0. The number of nitrogens with zero attached hydrogens (tertiary/aromatic N) is 3. The van der Waals surface area contributed by atoms with E-state index in [4.69, 9.17) is 14.9 Å². The zero-order chi connectivity index (χ0) is 20.9. The topological polar surface area (TPSA) is 75.6 Å². The molecule has 0 unspecified atom stereocenters. The van der Waals surface area contributed by atoms with Crippen molar-refractivity contribution in [2.75, 3.05) is 39.5 Å². The number of aromatic nitrogens is 2. The van der Waals surface area contributed by atoms with E-state index >= 15 is 0 Å². The molecule has 0 bridgehead atoms. The molecule has 2 aromatic carbocycles. The van der Waals surface area contributed by atoms with Crippen LogP contribution >= 0.6 is 0 Å². The van der Waals surface area contributed by atoms with Crippen molar-refractivity contribution in [3.63, 3.8) is 0 Å². The summed E-state index contributed by atoms with van der Waals surface area (Å²) in [4.78, 5) is 2.37. The normalized spacial score (nSPS) is 16.1. The molecular weight excluding hydrogens is 380 g/mol. The number of nitrogens with one attached hydrogen (secondary N) is 1. The quantitative estimate of drug-likeness (QED) is 0.596. The second kappa shape index (κ2) is 9.47. The number of aliphatic hydroxyl groups is 1. The van der Waals surface area contributed by atoms with Crippen molar-refractivity contribution >= 4 is 11.0 Å². The Balaban J connectivity index is 1.47. The fourth-order valence-electron chi connectivity index (χ4n) is 3.86. The van der Waals surface area contributed by atoms with Crippen LogP contribution in [-0.4, -0.2) is 64.7 Å². The zero-order valence-corrected chi connectivity index (χ0v) is 17.5. The average molecular weight is 411 g/mol. The third-order valence-corrected chi connectivity index (χ3v) is 5.57. The highest BCUT2D eigenvalue weighted by molar-refractivity contribution is 5.75. The molecule has 160 valence electrons. The monoisotopic (exact) mass is 410 g/mol. The van der Waals surface area contributed by atoms with Crippen molar-refractivity contribution in [2.45, 2.75) is 26.1 Å². The maximum absolute atomic E-state index is 10.6. The molecule has 0 aliphatic carbocycles. The second-order valence-corrected chi connectivity index (χ2v) is 7.81. The predicted octanol–water partition coefficient (Wildman–Crippen LogP) is 2.00. The van der Waals surface area contributed by atoms with E-state index in [0.717, 1.165) is 56.2 Å². The largest absolute Gasteiger partial charge is 0.491 e. The van der Waals surface area contributed by atoms with Crippen LogP contribution in [0, 0.1) is 12.3 Å². The smallest absolute Gasteiger partial charge is 0.203 e. The van der Waals surface area contributed by atoms with E-state index in [1.165, 1.54) is 5.56 Å². The van der Waals surface area contributed by atoms with Gasteiger partial charge in [0.25, 0.3) is 0 Å². The van der Waals surface area contributed by atoms with Crippen LogP contribution in [0.5, 0.6) is 5.75 Å². The molecule has 7 heteroatoms. The Morgan fingerprint density at radius 2 is 1.67 bits per heavy atom. The van der Waals surface area contributed by atoms with Crippen molar-refractivity contribution < 1.29 is 14.6 Å². The van der Waals surface area contributed by atoms with Crippen molar-refractivity contribution in [3.05, 3.63) is 59.7 Å². The first kappa shape index (κ1) is 20.7. The van der Waals surface area contributed by atoms with E-state index in [9.17, 15) is 5.11 Å². The first-order chi connectivity index (χ1) is 14.6. The predicted molar refractivity (Wildman–Crippen MR) is 116 cm³/mol. The number of para-hydroxylation sites is 2. The highest BCUT2D eigenvalue weighted by Crippen LogP contribution is 2.15. The Morgan fingerprint density at radius 3 is 2.37 bits per heavy atom. The van der Waals surface area contributed by atoms with Gasteiger partial charge in [-0.05, 0) is 31.2 Å². The van der Waals surface area contributed by atoms with Crippen LogP contribution in [0.2, 0.25) is 0 Å². The van der Waals surface area contributed by atoms with Crippen molar-refractivity contribution in [2.24, 2.45) is 0 Å². The lowest BCUT2D eigenvalue weighted by Gasteiger charge is -2.26. The van der Waals surface area contributed by atoms with Crippen LogP contribution in [0.25, 0.3) is 11.0 Å². The first-order valence-corrected chi connectivity index (χ1v) is 10.5. The van der Waals surface area contributed by atoms with Crippen LogP contribution in [0.15, 0.2) is 48.5 Å². The van der Waals surface area contributed by atoms with Gasteiger partial charge in [-0.1, -0.05) is 29.8 Å². The van der Waals surface area contributed by atoms with Gasteiger partial charge in [-0.3, -0.25) is 10.3 Å². The maximum Gasteiger partial charge on any atom is 0.203 e. The van der Waals surface area contributed by atoms with Crippen LogP contribution in [-0.2, 0) is 17.8 Å². The third-order valence-electron chi connectivity index (χ3n) is 5.57. The lowest BCUT2D eigenvalue weighted by Crippen LogP contribution is -2.39. The van der Waals surface area contributed by atoms with E-state index in [-0.39, 0.29) is 6.61 Å². The van der Waals surface area contributed by atoms with Gasteiger partial charge in [-0.25, -0.2) is 0 Å². The van der Waals surface area contributed by atoms with Gasteiger partial charge in [0.2, 0.25) is 5.62 Å². The molecule has 1 aliphatic rings. The number of benzene rings is 2. The summed E-state index contributed by atoms with van der Waals surface area (Å²) in [6.07, 6.45) is -0.709. The summed E-state index contributed by atoms with van der Waals surface area (Å²) in [5, 5.41) is 19.3. The molecule has 7 nitrogen and oxygen atoms in total. The third kappa shape index (κ3) is 4.75. The first-order valence-electron chi connectivity index (χ1n) is 10.5. The number of aryl methyl sites for hydroxylation is 1. The number of imidazole rings is 1. The molecule has 3 aromatic rings. The van der Waals surface area contributed by atoms with Gasteiger partial charge in [0.15, 0.2) is 0 Å². The highest BCUT2D eigenvalue weighted by atomic mass is 16.5. The Labute approximate surface area is 176 Å². The molecule has 0 saturated carbocycles. The molecule has 30 heavy (non-hydrogen) atoms. The maximum atomic E-state index is 10.6. The highest BCUT2D eigenvalue weighted by Gasteiger charge is 2.16. The Morgan fingerprint density at radius 1 is 1.00 bits per heavy atom. The summed E-state index contributed by atoms with van der Waals surface area (Å²) in [6, 6.07) is 15.8. The summed E-state index contributed by atoms with van der Waals surface area (Å²) in [7, 11) is 0. The number of rotatable bonds is 8. The fourth-order valence-corrected chi connectivity index (χ4v) is 3.86. The van der Waals surface area contributed by atoms with Gasteiger partial charge in [-0.15, -0.1) is 0 Å². The van der Waals surface area contributed by atoms with Gasteiger partial charge in [0.05, 0.1) is 30.8 Å². The van der Waals surface area contributed by atoms with Crippen LogP contribution in [0.1, 0.15) is 5.56 Å². The summed E-state index contributed by atoms with van der Waals surface area (Å²) in [5.41, 5.74) is 3.54. The van der Waals surface area contributed by atoms with Gasteiger partial charge in [0.1, 0.15) is 18.5 Å².